The topological polar surface area (TPSA) is 165 Å². The lowest BCUT2D eigenvalue weighted by Crippen LogP contribution is -2.58. The highest BCUT2D eigenvalue weighted by Crippen LogP contribution is 2.41. The van der Waals surface area contributed by atoms with E-state index in [1.807, 2.05) is 31.4 Å². The Bertz CT molecular complexity index is 2450. The first kappa shape index (κ1) is 49.5. The van der Waals surface area contributed by atoms with Gasteiger partial charge in [0.2, 0.25) is 17.7 Å². The van der Waals surface area contributed by atoms with E-state index in [4.69, 9.17) is 24.3 Å². The number of nitrogens with one attached hydrogen (secondary N) is 1. The second-order valence-corrected chi connectivity index (χ2v) is 19.9. The van der Waals surface area contributed by atoms with E-state index in [2.05, 4.69) is 55.9 Å². The molecule has 3 aliphatic heterocycles. The molecule has 1 saturated carbocycles. The molecule has 1 aliphatic carbocycles. The number of hydrogen-bond acceptors (Lipinski definition) is 11. The summed E-state index contributed by atoms with van der Waals surface area (Å²) in [7, 11) is 3.31. The lowest BCUT2D eigenvalue weighted by Gasteiger charge is -2.36. The molecule has 1 N–H and O–H groups in total. The van der Waals surface area contributed by atoms with Crippen molar-refractivity contribution in [1.29, 1.82) is 0 Å². The summed E-state index contributed by atoms with van der Waals surface area (Å²) in [4.78, 5) is 89.0. The Morgan fingerprint density at radius 2 is 1.87 bits per heavy atom. The molecule has 5 atom stereocenters. The number of aliphatic imine (C=N–C) groups is 1. The van der Waals surface area contributed by atoms with Crippen molar-refractivity contribution in [2.24, 2.45) is 22.2 Å². The van der Waals surface area contributed by atoms with E-state index in [9.17, 15) is 24.0 Å². The van der Waals surface area contributed by atoms with Gasteiger partial charge in [-0.2, -0.15) is 0 Å². The molecule has 0 spiro atoms. The Balaban J connectivity index is 1.29. The number of ether oxygens (including phenoxy) is 2. The maximum Gasteiger partial charge on any atom is 0.338 e. The number of benzene rings is 1. The zero-order valence-electron chi connectivity index (χ0n) is 40.2. The van der Waals surface area contributed by atoms with Crippen LogP contribution in [0.3, 0.4) is 0 Å². The van der Waals surface area contributed by atoms with Gasteiger partial charge in [0.15, 0.2) is 6.10 Å². The summed E-state index contributed by atoms with van der Waals surface area (Å²) in [5.41, 5.74) is 5.63. The lowest BCUT2D eigenvalue weighted by atomic mass is 9.84. The largest absolute Gasteiger partial charge is 0.463 e. The number of nitrogens with zero attached hydrogens (tertiary/aromatic N) is 6. The molecule has 3 fully saturated rings. The van der Waals surface area contributed by atoms with Crippen molar-refractivity contribution in [3.63, 3.8) is 0 Å². The summed E-state index contributed by atoms with van der Waals surface area (Å²) in [6.07, 6.45) is 8.73. The molecule has 67 heavy (non-hydrogen) atoms. The van der Waals surface area contributed by atoms with Gasteiger partial charge in [0, 0.05) is 85.8 Å². The summed E-state index contributed by atoms with van der Waals surface area (Å²) in [5, 5.41) is 7.85. The second-order valence-electron chi connectivity index (χ2n) is 19.0. The Kier molecular flexibility index (Phi) is 15.7. The monoisotopic (exact) mass is 937 g/mol. The molecular weight excluding hydrogens is 871 g/mol. The number of amides is 4. The van der Waals surface area contributed by atoms with Gasteiger partial charge in [-0.15, -0.1) is 11.3 Å². The number of allylic oxidation sites excluding steroid dienone is 2. The highest BCUT2D eigenvalue weighted by atomic mass is 32.1. The third-order valence-corrected chi connectivity index (χ3v) is 14.7. The first-order chi connectivity index (χ1) is 32.1. The molecule has 3 aromatic rings. The standard InChI is InChI=1S/C51H67N7O8S/c1-10-35(44(52-12-3)31(5)64-9)46-37-27-51(6,7)30-65-50(63)41-19-16-23-58(66-41)49(62)38(26-42-53-39(29-67-42)33-20-21-40(36(37)25-33)57(46)13-4)54-47(60)45(32-17-14-15-18-32)55(8)48(61)34-22-24-56(28-34)43(59)11-2/h10-12,20-21,25,29,31-32,34,38,41,45H,1-2,13-19,22-24,26-28,30H2,3-9H3,(H,54,60)/b44-35+,52-12?/t31-,34?,38-,41-,45-/m0/s1. The summed E-state index contributed by atoms with van der Waals surface area (Å²) in [5.74, 6) is -2.56. The third-order valence-electron chi connectivity index (χ3n) is 13.8. The molecule has 360 valence electrons. The smallest absolute Gasteiger partial charge is 0.338 e. The molecule has 2 aromatic heterocycles. The highest BCUT2D eigenvalue weighted by molar-refractivity contribution is 7.10. The molecule has 0 radical (unpaired) electrons. The SMILES string of the molecule is C=CC(=O)N1CCC(C(=O)N(C)[C@H](C(=O)N[C@H]2Cc3nc(cs3)-c3ccc4c(c3)c(c(/C(C=C)=C(/N=CC)[C@H](C)OC)n4CC)CC(C)(C)COC(=O)[C@@H]3CCCN(O3)C2=O)C2CCCC2)C1. The van der Waals surface area contributed by atoms with E-state index in [1.54, 1.807) is 25.3 Å². The van der Waals surface area contributed by atoms with Gasteiger partial charge in [-0.1, -0.05) is 52.0 Å². The van der Waals surface area contributed by atoms with Gasteiger partial charge in [0.25, 0.3) is 5.91 Å². The molecule has 4 aliphatic rings. The molecular formula is C51H67N7O8S. The minimum atomic E-state index is -1.13. The number of cyclic esters (lactones) is 1. The number of aryl methyl sites for hydroxylation is 1. The number of thiazole rings is 1. The van der Waals surface area contributed by atoms with Gasteiger partial charge >= 0.3 is 5.97 Å². The summed E-state index contributed by atoms with van der Waals surface area (Å²) in [6.45, 7) is 19.6. The van der Waals surface area contributed by atoms with Crippen LogP contribution in [0.4, 0.5) is 0 Å². The van der Waals surface area contributed by atoms with Crippen molar-refractivity contribution in [3.8, 4) is 11.3 Å². The Labute approximate surface area is 398 Å². The molecule has 5 heterocycles. The predicted molar refractivity (Wildman–Crippen MR) is 260 cm³/mol. The van der Waals surface area contributed by atoms with Crippen molar-refractivity contribution in [2.75, 3.05) is 40.4 Å². The highest BCUT2D eigenvalue weighted by Gasteiger charge is 2.43. The number of carbonyl (C=O) groups is 5. The Morgan fingerprint density at radius 1 is 1.10 bits per heavy atom. The van der Waals surface area contributed by atoms with Crippen LogP contribution in [0.5, 0.6) is 0 Å². The van der Waals surface area contributed by atoms with Crippen molar-refractivity contribution in [1.82, 2.24) is 29.7 Å². The quantitative estimate of drug-likeness (QED) is 0.0878. The van der Waals surface area contributed by atoms with Crippen molar-refractivity contribution in [2.45, 2.75) is 123 Å². The molecule has 7 rings (SSSR count). The van der Waals surface area contributed by atoms with Crippen LogP contribution in [0.2, 0.25) is 0 Å². The molecule has 1 unspecified atom stereocenters. The minimum Gasteiger partial charge on any atom is -0.463 e. The number of esters is 1. The zero-order valence-corrected chi connectivity index (χ0v) is 41.0. The Morgan fingerprint density at radius 3 is 2.55 bits per heavy atom. The fraction of sp³-hybridized carbons (Fsp3) is 0.549. The number of fused-ring (bicyclic) bond motifs is 6. The molecule has 1 aromatic carbocycles. The fourth-order valence-electron chi connectivity index (χ4n) is 10.3. The van der Waals surface area contributed by atoms with Crippen LogP contribution in [0, 0.1) is 17.3 Å². The number of aromatic nitrogens is 2. The molecule has 15 nitrogen and oxygen atoms in total. The number of carbonyl (C=O) groups excluding carboxylic acids is 5. The van der Waals surface area contributed by atoms with Crippen LogP contribution in [0.15, 0.2) is 59.6 Å². The summed E-state index contributed by atoms with van der Waals surface area (Å²) < 4.78 is 14.2. The van der Waals surface area contributed by atoms with Crippen LogP contribution in [0.25, 0.3) is 27.7 Å². The number of rotatable bonds is 12. The molecule has 2 saturated heterocycles. The van der Waals surface area contributed by atoms with Gasteiger partial charge in [-0.05, 0) is 89.0 Å². The van der Waals surface area contributed by atoms with E-state index in [0.29, 0.717) is 43.8 Å². The maximum absolute atomic E-state index is 14.8. The van der Waals surface area contributed by atoms with E-state index in [0.717, 1.165) is 70.4 Å². The summed E-state index contributed by atoms with van der Waals surface area (Å²) >= 11 is 1.39. The normalized spacial score (nSPS) is 22.8. The van der Waals surface area contributed by atoms with E-state index >= 15 is 0 Å². The first-order valence-electron chi connectivity index (χ1n) is 23.7. The van der Waals surface area contributed by atoms with Crippen molar-refractivity contribution < 1.29 is 38.3 Å². The lowest BCUT2D eigenvalue weighted by molar-refractivity contribution is -0.231. The Hall–Kier alpha value is -5.45. The van der Waals surface area contributed by atoms with Gasteiger partial charge in [-0.25, -0.2) is 14.8 Å². The first-order valence-corrected chi connectivity index (χ1v) is 24.6. The van der Waals surface area contributed by atoms with Crippen LogP contribution >= 0.6 is 11.3 Å². The third kappa shape index (κ3) is 10.5. The minimum absolute atomic E-state index is 0.0461. The molecule has 4 amide bonds. The molecule has 16 heteroatoms. The van der Waals surface area contributed by atoms with Gasteiger partial charge in [0.05, 0.1) is 40.7 Å². The maximum atomic E-state index is 14.8. The van der Waals surface area contributed by atoms with Crippen LogP contribution < -0.4 is 5.32 Å². The van der Waals surface area contributed by atoms with Crippen molar-refractivity contribution in [3.05, 3.63) is 70.9 Å². The molecule has 6 bridgehead atoms. The van der Waals surface area contributed by atoms with Gasteiger partial charge in [-0.3, -0.25) is 29.0 Å². The average molecular weight is 938 g/mol. The predicted octanol–water partition coefficient (Wildman–Crippen LogP) is 6.93. The number of methoxy groups -OCH3 is 1. The van der Waals surface area contributed by atoms with Crippen LogP contribution in [-0.2, 0) is 57.7 Å². The number of likely N-dealkylation sites (tertiary alicyclic amines) is 1. The second kappa shape index (κ2) is 21.2. The van der Waals surface area contributed by atoms with E-state index in [-0.39, 0.29) is 50.0 Å². The van der Waals surface area contributed by atoms with E-state index < -0.39 is 47.3 Å². The fourth-order valence-corrected chi connectivity index (χ4v) is 11.1. The van der Waals surface area contributed by atoms with E-state index in [1.165, 1.54) is 27.4 Å². The average Bonchev–Trinajstić information content (AvgIpc) is 4.18. The number of hydroxylamine groups is 2. The van der Waals surface area contributed by atoms with Crippen molar-refractivity contribution >= 4 is 63.6 Å². The van der Waals surface area contributed by atoms with Gasteiger partial charge in [0.1, 0.15) is 12.1 Å². The van der Waals surface area contributed by atoms with Crippen LogP contribution in [-0.4, -0.2) is 125 Å². The van der Waals surface area contributed by atoms with Gasteiger partial charge < -0.3 is 29.2 Å². The summed E-state index contributed by atoms with van der Waals surface area (Å²) in [6, 6.07) is 4.33. The number of hydrogen-bond donors (Lipinski definition) is 1. The zero-order chi connectivity index (χ0) is 48.2. The van der Waals surface area contributed by atoms with Crippen LogP contribution in [0.1, 0.15) is 95.8 Å². The number of likely N-dealkylation sites (N-methyl/N-ethyl adjacent to an activating group) is 1.